The van der Waals surface area contributed by atoms with E-state index in [0.29, 0.717) is 0 Å². The fourth-order valence-electron chi connectivity index (χ4n) is 10.2. The Hall–Kier alpha value is -7.14. The summed E-state index contributed by atoms with van der Waals surface area (Å²) in [5.41, 5.74) is 15.9. The third kappa shape index (κ3) is 4.22. The van der Waals surface area contributed by atoms with E-state index in [1.807, 2.05) is 11.8 Å². The van der Waals surface area contributed by atoms with E-state index in [9.17, 15) is 0 Å². The summed E-state index contributed by atoms with van der Waals surface area (Å²) >= 11 is 1.90. The van der Waals surface area contributed by atoms with Gasteiger partial charge in [0.25, 0.3) is 0 Å². The third-order valence-electron chi connectivity index (χ3n) is 12.5. The number of nitrogens with zero attached hydrogens (tertiary/aromatic N) is 3. The number of pyridine rings is 1. The first-order valence-electron chi connectivity index (χ1n) is 19.9. The lowest BCUT2D eigenvalue weighted by molar-refractivity contribution is 0.690. The molecule has 0 radical (unpaired) electrons. The van der Waals surface area contributed by atoms with Crippen LogP contribution >= 0.6 is 11.8 Å². The number of hydrogen-bond donors (Lipinski definition) is 0. The Balaban J connectivity index is 1.18. The smallest absolute Gasteiger partial charge is 0.0765 e. The lowest BCUT2D eigenvalue weighted by atomic mass is 9.62. The number of fused-ring (bicyclic) bond motifs is 14. The van der Waals surface area contributed by atoms with Gasteiger partial charge in [-0.2, -0.15) is 0 Å². The molecule has 3 nitrogen and oxygen atoms in total. The van der Waals surface area contributed by atoms with Gasteiger partial charge in [-0.1, -0.05) is 163 Å². The Bertz CT molecular complexity index is 3430. The molecule has 4 heteroatoms. The zero-order valence-electron chi connectivity index (χ0n) is 31.3. The van der Waals surface area contributed by atoms with Crippen molar-refractivity contribution in [2.45, 2.75) is 15.2 Å². The molecule has 0 fully saturated rings. The van der Waals surface area contributed by atoms with E-state index in [-0.39, 0.29) is 0 Å². The molecule has 0 aliphatic carbocycles. The van der Waals surface area contributed by atoms with Gasteiger partial charge in [-0.25, -0.2) is 4.98 Å². The van der Waals surface area contributed by atoms with Crippen LogP contribution in [0, 0.1) is 0 Å². The van der Waals surface area contributed by atoms with Gasteiger partial charge in [0, 0.05) is 42.5 Å². The molecule has 0 N–H and O–H groups in total. The zero-order valence-corrected chi connectivity index (χ0v) is 32.1. The zero-order chi connectivity index (χ0) is 38.0. The van der Waals surface area contributed by atoms with Crippen molar-refractivity contribution in [3.05, 3.63) is 222 Å². The molecular formula is C54H33N3S. The highest BCUT2D eigenvalue weighted by Crippen LogP contribution is 2.61. The largest absolute Gasteiger partial charge is 0.309 e. The minimum atomic E-state index is -0.574. The van der Waals surface area contributed by atoms with Crippen molar-refractivity contribution in [2.75, 3.05) is 0 Å². The first kappa shape index (κ1) is 32.0. The Labute approximate surface area is 339 Å². The number of benzene rings is 8. The topological polar surface area (TPSA) is 22.8 Å². The molecule has 58 heavy (non-hydrogen) atoms. The summed E-state index contributed by atoms with van der Waals surface area (Å²) in [4.78, 5) is 7.86. The fraction of sp³-hybridized carbons (Fsp3) is 0.0185. The molecule has 1 unspecified atom stereocenters. The van der Waals surface area contributed by atoms with E-state index < -0.39 is 5.41 Å². The Morgan fingerprint density at radius 1 is 0.379 bits per heavy atom. The highest BCUT2D eigenvalue weighted by atomic mass is 32.2. The van der Waals surface area contributed by atoms with Gasteiger partial charge >= 0.3 is 0 Å². The third-order valence-corrected chi connectivity index (χ3v) is 13.7. The second-order valence-electron chi connectivity index (χ2n) is 15.5. The Morgan fingerprint density at radius 3 is 1.69 bits per heavy atom. The van der Waals surface area contributed by atoms with Crippen molar-refractivity contribution in [1.82, 2.24) is 14.1 Å². The van der Waals surface area contributed by atoms with Crippen molar-refractivity contribution in [1.29, 1.82) is 0 Å². The second kappa shape index (κ2) is 11.9. The molecule has 5 heterocycles. The number of para-hydroxylation sites is 4. The van der Waals surface area contributed by atoms with Crippen molar-refractivity contribution in [3.8, 4) is 33.9 Å². The molecule has 1 spiro atoms. The van der Waals surface area contributed by atoms with Crippen LogP contribution in [0.5, 0.6) is 0 Å². The average molecular weight is 756 g/mol. The molecule has 11 aromatic rings. The second-order valence-corrected chi connectivity index (χ2v) is 16.5. The molecule has 0 saturated carbocycles. The lowest BCUT2D eigenvalue weighted by Crippen LogP contribution is -2.37. The van der Waals surface area contributed by atoms with Crippen LogP contribution in [0.2, 0.25) is 0 Å². The van der Waals surface area contributed by atoms with Crippen molar-refractivity contribution < 1.29 is 0 Å². The number of aromatic nitrogens is 3. The van der Waals surface area contributed by atoms with Gasteiger partial charge < -0.3 is 9.13 Å². The van der Waals surface area contributed by atoms with E-state index in [4.69, 9.17) is 4.98 Å². The fourth-order valence-corrected chi connectivity index (χ4v) is 11.4. The standard InChI is InChI=1S/C54H33N3S/c1-3-16-34(17-4-1)45-30-36(31-46(55-45)35-18-5-2-6-19-35)56-47-26-11-8-21-38(47)40-32-52-44(33-50(40)56)54(42-24-10-14-29-51(42)58-52)41-23-9-13-28-49(41)57-48-27-12-7-20-37(48)39-22-15-25-43(54)53(39)57/h1-33H. The predicted octanol–water partition coefficient (Wildman–Crippen LogP) is 13.8. The number of hydrogen-bond acceptors (Lipinski definition) is 2. The van der Waals surface area contributed by atoms with Gasteiger partial charge in [-0.05, 0) is 70.8 Å². The van der Waals surface area contributed by atoms with E-state index in [0.717, 1.165) is 28.2 Å². The summed E-state index contributed by atoms with van der Waals surface area (Å²) in [7, 11) is 0. The monoisotopic (exact) mass is 755 g/mol. The molecule has 8 aromatic carbocycles. The lowest BCUT2D eigenvalue weighted by Gasteiger charge is -2.45. The predicted molar refractivity (Wildman–Crippen MR) is 240 cm³/mol. The van der Waals surface area contributed by atoms with Crippen LogP contribution in [0.4, 0.5) is 0 Å². The molecule has 270 valence electrons. The van der Waals surface area contributed by atoms with Crippen LogP contribution < -0.4 is 0 Å². The average Bonchev–Trinajstić information content (AvgIpc) is 3.81. The minimum absolute atomic E-state index is 0.574. The normalized spacial score (nSPS) is 15.2. The van der Waals surface area contributed by atoms with Crippen molar-refractivity contribution >= 4 is 55.4 Å². The summed E-state index contributed by atoms with van der Waals surface area (Å²) in [6, 6.07) is 73.7. The molecule has 0 saturated heterocycles. The van der Waals surface area contributed by atoms with Gasteiger partial charge in [0.05, 0.1) is 50.2 Å². The summed E-state index contributed by atoms with van der Waals surface area (Å²) in [6.07, 6.45) is 0. The Kier molecular flexibility index (Phi) is 6.59. The summed E-state index contributed by atoms with van der Waals surface area (Å²) < 4.78 is 5.00. The van der Waals surface area contributed by atoms with Crippen molar-refractivity contribution in [3.63, 3.8) is 0 Å². The molecule has 1 atom stereocenters. The van der Waals surface area contributed by atoms with E-state index >= 15 is 0 Å². The first-order valence-corrected chi connectivity index (χ1v) is 20.7. The SMILES string of the molecule is c1ccc(-c2cc(-n3c4ccccc4c4cc5c(cc43)C3(c4ccccc4S5)c4ccccc4-n4c5ccccc5c5cccc3c54)cc(-c3ccccc3)n2)cc1. The maximum absolute atomic E-state index is 5.27. The van der Waals surface area contributed by atoms with E-state index in [1.54, 1.807) is 0 Å². The highest BCUT2D eigenvalue weighted by Gasteiger charge is 2.49. The number of rotatable bonds is 3. The van der Waals surface area contributed by atoms with Crippen LogP contribution in [-0.4, -0.2) is 14.1 Å². The van der Waals surface area contributed by atoms with Crippen LogP contribution in [0.1, 0.15) is 22.3 Å². The Morgan fingerprint density at radius 2 is 0.948 bits per heavy atom. The molecule has 2 aliphatic rings. The van der Waals surface area contributed by atoms with Gasteiger partial charge in [0.2, 0.25) is 0 Å². The molecule has 0 amide bonds. The van der Waals surface area contributed by atoms with Crippen LogP contribution in [0.25, 0.3) is 77.5 Å². The van der Waals surface area contributed by atoms with Gasteiger partial charge in [-0.15, -0.1) is 0 Å². The minimum Gasteiger partial charge on any atom is -0.309 e. The maximum Gasteiger partial charge on any atom is 0.0765 e. The van der Waals surface area contributed by atoms with Crippen LogP contribution in [0.15, 0.2) is 210 Å². The molecule has 13 rings (SSSR count). The molecule has 3 aromatic heterocycles. The quantitative estimate of drug-likeness (QED) is 0.179. The molecule has 0 bridgehead atoms. The van der Waals surface area contributed by atoms with Gasteiger partial charge in [-0.3, -0.25) is 0 Å². The summed E-state index contributed by atoms with van der Waals surface area (Å²) in [6.45, 7) is 0. The van der Waals surface area contributed by atoms with Gasteiger partial charge in [0.15, 0.2) is 0 Å². The highest BCUT2D eigenvalue weighted by molar-refractivity contribution is 7.99. The maximum atomic E-state index is 5.27. The molecular weight excluding hydrogens is 723 g/mol. The van der Waals surface area contributed by atoms with E-state index in [1.165, 1.54) is 81.3 Å². The van der Waals surface area contributed by atoms with Crippen LogP contribution in [0.3, 0.4) is 0 Å². The van der Waals surface area contributed by atoms with Crippen molar-refractivity contribution in [2.24, 2.45) is 0 Å². The van der Waals surface area contributed by atoms with E-state index in [2.05, 4.69) is 209 Å². The first-order chi connectivity index (χ1) is 28.8. The summed E-state index contributed by atoms with van der Waals surface area (Å²) in [5, 5.41) is 5.04. The summed E-state index contributed by atoms with van der Waals surface area (Å²) in [5.74, 6) is 0. The molecule has 2 aliphatic heterocycles. The van der Waals surface area contributed by atoms with Gasteiger partial charge in [0.1, 0.15) is 0 Å². The van der Waals surface area contributed by atoms with Crippen LogP contribution in [-0.2, 0) is 5.41 Å².